The number of amides is 1. The van der Waals surface area contributed by atoms with E-state index < -0.39 is 0 Å². The molecule has 2 N–H and O–H groups in total. The van der Waals surface area contributed by atoms with Crippen molar-refractivity contribution >= 4 is 50.7 Å². The zero-order valence-corrected chi connectivity index (χ0v) is 16.9. The zero-order valence-electron chi connectivity index (χ0n) is 15.3. The van der Waals surface area contributed by atoms with Gasteiger partial charge in [-0.05, 0) is 25.3 Å². The van der Waals surface area contributed by atoms with E-state index in [0.717, 1.165) is 23.8 Å². The van der Waals surface area contributed by atoms with Crippen LogP contribution in [0.5, 0.6) is 5.88 Å². The summed E-state index contributed by atoms with van der Waals surface area (Å²) in [6, 6.07) is 0.258. The van der Waals surface area contributed by atoms with Crippen LogP contribution in [0.15, 0.2) is 18.7 Å². The van der Waals surface area contributed by atoms with Gasteiger partial charge in [0.05, 0.1) is 5.69 Å². The predicted molar refractivity (Wildman–Crippen MR) is 108 cm³/mol. The van der Waals surface area contributed by atoms with E-state index in [1.807, 2.05) is 6.92 Å². The summed E-state index contributed by atoms with van der Waals surface area (Å²) in [4.78, 5) is 34.2. The molecule has 1 amide bonds. The number of imidazole rings is 1. The molecule has 1 saturated carbocycles. The number of rotatable bonds is 6. The van der Waals surface area contributed by atoms with Gasteiger partial charge in [0.2, 0.25) is 5.88 Å². The zero-order chi connectivity index (χ0) is 19.8. The first-order chi connectivity index (χ1) is 13.5. The summed E-state index contributed by atoms with van der Waals surface area (Å²) in [6.07, 6.45) is 6.48. The van der Waals surface area contributed by atoms with Crippen LogP contribution in [0.4, 0.5) is 5.69 Å². The average molecular weight is 420 g/mol. The van der Waals surface area contributed by atoms with Crippen molar-refractivity contribution in [3.8, 4) is 5.88 Å². The summed E-state index contributed by atoms with van der Waals surface area (Å²) < 4.78 is 6.90. The van der Waals surface area contributed by atoms with E-state index in [0.29, 0.717) is 20.4 Å². The number of hydrogen-bond donors (Lipinski definition) is 2. The smallest absolute Gasteiger partial charge is 0.269 e. The molecule has 0 saturated heterocycles. The summed E-state index contributed by atoms with van der Waals surface area (Å²) in [5.74, 6) is -0.249. The molecule has 3 aromatic heterocycles. The van der Waals surface area contributed by atoms with Crippen molar-refractivity contribution in [3.63, 3.8) is 0 Å². The summed E-state index contributed by atoms with van der Waals surface area (Å²) in [5, 5.41) is 7.19. The van der Waals surface area contributed by atoms with Crippen LogP contribution in [0, 0.1) is 6.92 Å². The topological polar surface area (TPSA) is 98.1 Å². The number of nitrogens with one attached hydrogen (secondary N) is 2. The standard InChI is InChI=1S/C18H18ClN5O3S/c1-9-12-14(20-2)15(16(26)22-10-3-4-10)28-18(12)23-17(13(9)19)27-7-11(25)24-6-5-21-8-24/h5-6,8,10,20H,3-4,7H2,1-2H3,(H,22,26). The summed E-state index contributed by atoms with van der Waals surface area (Å²) in [7, 11) is 1.76. The van der Waals surface area contributed by atoms with Crippen LogP contribution < -0.4 is 15.4 Å². The van der Waals surface area contributed by atoms with Crippen molar-refractivity contribution in [1.82, 2.24) is 19.9 Å². The first kappa shape index (κ1) is 18.7. The molecule has 4 rings (SSSR count). The maximum atomic E-state index is 12.6. The van der Waals surface area contributed by atoms with Crippen molar-refractivity contribution in [2.75, 3.05) is 19.0 Å². The first-order valence-corrected chi connectivity index (χ1v) is 9.94. The molecule has 8 nitrogen and oxygen atoms in total. The minimum atomic E-state index is -0.292. The highest BCUT2D eigenvalue weighted by atomic mass is 35.5. The Balaban J connectivity index is 1.66. The lowest BCUT2D eigenvalue weighted by Gasteiger charge is -2.10. The number of thiophene rings is 1. The molecule has 1 fully saturated rings. The number of aromatic nitrogens is 3. The van der Waals surface area contributed by atoms with Gasteiger partial charge in [-0.1, -0.05) is 11.6 Å². The Morgan fingerprint density at radius 1 is 1.43 bits per heavy atom. The summed E-state index contributed by atoms with van der Waals surface area (Å²) in [5.41, 5.74) is 1.44. The molecule has 0 radical (unpaired) electrons. The van der Waals surface area contributed by atoms with Gasteiger partial charge in [0.25, 0.3) is 11.8 Å². The third kappa shape index (κ3) is 3.43. The number of aryl methyl sites for hydroxylation is 1. The molecule has 0 bridgehead atoms. The van der Waals surface area contributed by atoms with Gasteiger partial charge in [0.1, 0.15) is 21.1 Å². The van der Waals surface area contributed by atoms with E-state index in [4.69, 9.17) is 16.3 Å². The second kappa shape index (κ2) is 7.40. The molecule has 1 aliphatic carbocycles. The number of carbonyl (C=O) groups excluding carboxylic acids is 2. The molecule has 0 spiro atoms. The van der Waals surface area contributed by atoms with Gasteiger partial charge in [-0.15, -0.1) is 11.3 Å². The lowest BCUT2D eigenvalue weighted by atomic mass is 10.1. The van der Waals surface area contributed by atoms with E-state index in [9.17, 15) is 9.59 Å². The van der Waals surface area contributed by atoms with E-state index in [1.165, 1.54) is 28.4 Å². The maximum absolute atomic E-state index is 12.6. The molecule has 10 heteroatoms. The minimum absolute atomic E-state index is 0.122. The Hall–Kier alpha value is -2.65. The first-order valence-electron chi connectivity index (χ1n) is 8.74. The Kier molecular flexibility index (Phi) is 4.94. The highest BCUT2D eigenvalue weighted by Crippen LogP contribution is 2.42. The number of pyridine rings is 1. The highest BCUT2D eigenvalue weighted by molar-refractivity contribution is 7.21. The van der Waals surface area contributed by atoms with Crippen LogP contribution in [-0.2, 0) is 0 Å². The van der Waals surface area contributed by atoms with Gasteiger partial charge >= 0.3 is 0 Å². The molecular weight excluding hydrogens is 402 g/mol. The van der Waals surface area contributed by atoms with Gasteiger partial charge in [0.15, 0.2) is 6.61 Å². The number of nitrogens with zero attached hydrogens (tertiary/aromatic N) is 3. The molecule has 0 atom stereocenters. The second-order valence-electron chi connectivity index (χ2n) is 6.49. The normalized spacial score (nSPS) is 13.5. The minimum Gasteiger partial charge on any atom is -0.466 e. The Morgan fingerprint density at radius 2 is 2.21 bits per heavy atom. The quantitative estimate of drug-likeness (QED) is 0.637. The predicted octanol–water partition coefficient (Wildman–Crippen LogP) is 3.11. The number of halogens is 1. The third-order valence-electron chi connectivity index (χ3n) is 4.48. The lowest BCUT2D eigenvalue weighted by molar-refractivity contribution is 0.0833. The van der Waals surface area contributed by atoms with E-state index in [-0.39, 0.29) is 30.3 Å². The lowest BCUT2D eigenvalue weighted by Crippen LogP contribution is -2.25. The fourth-order valence-corrected chi connectivity index (χ4v) is 4.17. The van der Waals surface area contributed by atoms with E-state index in [1.54, 1.807) is 13.2 Å². The largest absolute Gasteiger partial charge is 0.466 e. The highest BCUT2D eigenvalue weighted by Gasteiger charge is 2.28. The molecule has 0 unspecified atom stereocenters. The molecule has 0 aliphatic heterocycles. The summed E-state index contributed by atoms with van der Waals surface area (Å²) >= 11 is 7.72. The van der Waals surface area contributed by atoms with Gasteiger partial charge in [-0.2, -0.15) is 0 Å². The number of carbonyl (C=O) groups is 2. The molecule has 146 valence electrons. The van der Waals surface area contributed by atoms with Crippen LogP contribution in [0.1, 0.15) is 32.9 Å². The monoisotopic (exact) mass is 419 g/mol. The Bertz CT molecular complexity index is 1060. The average Bonchev–Trinajstić information content (AvgIpc) is 3.20. The molecule has 3 aromatic rings. The van der Waals surface area contributed by atoms with Crippen molar-refractivity contribution in [2.45, 2.75) is 25.8 Å². The maximum Gasteiger partial charge on any atom is 0.269 e. The van der Waals surface area contributed by atoms with E-state index >= 15 is 0 Å². The Morgan fingerprint density at radius 3 is 2.86 bits per heavy atom. The number of fused-ring (bicyclic) bond motifs is 1. The molecule has 28 heavy (non-hydrogen) atoms. The van der Waals surface area contributed by atoms with Gasteiger partial charge in [-0.25, -0.2) is 9.97 Å². The SMILES string of the molecule is CNc1c(C(=O)NC2CC2)sc2nc(OCC(=O)n3ccnc3)c(Cl)c(C)c12. The fourth-order valence-electron chi connectivity index (χ4n) is 2.84. The van der Waals surface area contributed by atoms with Crippen molar-refractivity contribution < 1.29 is 14.3 Å². The fraction of sp³-hybridized carbons (Fsp3) is 0.333. The van der Waals surface area contributed by atoms with Crippen molar-refractivity contribution in [1.29, 1.82) is 0 Å². The van der Waals surface area contributed by atoms with Gasteiger partial charge in [-0.3, -0.25) is 14.2 Å². The van der Waals surface area contributed by atoms with Crippen LogP contribution >= 0.6 is 22.9 Å². The molecule has 0 aromatic carbocycles. The number of anilines is 1. The van der Waals surface area contributed by atoms with Crippen molar-refractivity contribution in [3.05, 3.63) is 34.2 Å². The van der Waals surface area contributed by atoms with Crippen molar-refractivity contribution in [2.24, 2.45) is 0 Å². The van der Waals surface area contributed by atoms with Crippen LogP contribution in [-0.4, -0.2) is 46.0 Å². The molecular formula is C18H18ClN5O3S. The number of hydrogen-bond acceptors (Lipinski definition) is 7. The van der Waals surface area contributed by atoms with Gasteiger partial charge in [0, 0.05) is 30.9 Å². The Labute approximate surface area is 169 Å². The van der Waals surface area contributed by atoms with Crippen LogP contribution in [0.3, 0.4) is 0 Å². The molecule has 3 heterocycles. The van der Waals surface area contributed by atoms with Crippen LogP contribution in [0.25, 0.3) is 10.2 Å². The van der Waals surface area contributed by atoms with Gasteiger partial charge < -0.3 is 15.4 Å². The molecule has 1 aliphatic rings. The third-order valence-corrected chi connectivity index (χ3v) is 6.01. The summed E-state index contributed by atoms with van der Waals surface area (Å²) in [6.45, 7) is 1.61. The second-order valence-corrected chi connectivity index (χ2v) is 7.87. The van der Waals surface area contributed by atoms with Crippen LogP contribution in [0.2, 0.25) is 5.02 Å². The van der Waals surface area contributed by atoms with E-state index in [2.05, 4.69) is 20.6 Å². The number of ether oxygens (including phenoxy) is 1.